The lowest BCUT2D eigenvalue weighted by atomic mass is 9.77. The van der Waals surface area contributed by atoms with Crippen molar-refractivity contribution >= 4 is 81.0 Å². The lowest BCUT2D eigenvalue weighted by Crippen LogP contribution is -2.23. The summed E-state index contributed by atoms with van der Waals surface area (Å²) < 4.78 is 35.6. The van der Waals surface area contributed by atoms with E-state index >= 15 is 0 Å². The molecule has 0 saturated carbocycles. The van der Waals surface area contributed by atoms with Crippen LogP contribution in [0, 0.1) is 58.4 Å². The lowest BCUT2D eigenvalue weighted by Gasteiger charge is -2.31. The molecule has 0 fully saturated rings. The van der Waals surface area contributed by atoms with Crippen molar-refractivity contribution in [3.63, 3.8) is 0 Å². The normalized spacial score (nSPS) is 12.6. The van der Waals surface area contributed by atoms with E-state index in [4.69, 9.17) is 28.4 Å². The van der Waals surface area contributed by atoms with Crippen LogP contribution in [-0.2, 0) is 41.6 Å². The fourth-order valence-corrected chi connectivity index (χ4v) is 11.9. The molecule has 100 heavy (non-hydrogen) atoms. The van der Waals surface area contributed by atoms with E-state index in [-0.39, 0.29) is 91.8 Å². The van der Waals surface area contributed by atoms with Gasteiger partial charge in [0, 0.05) is 48.7 Å². The Kier molecular flexibility index (Phi) is 54.4. The van der Waals surface area contributed by atoms with Gasteiger partial charge in [-0.05, 0) is 110 Å². The second-order valence-corrected chi connectivity index (χ2v) is 28.8. The highest BCUT2D eigenvalue weighted by molar-refractivity contribution is 7.60. The van der Waals surface area contributed by atoms with E-state index in [9.17, 15) is 0 Å². The number of hydrogen-bond acceptors (Lipinski definition) is 6. The Labute approximate surface area is 650 Å². The minimum atomic E-state index is 0. The molecule has 0 bridgehead atoms. The number of benzene rings is 7. The predicted molar refractivity (Wildman–Crippen MR) is 458 cm³/mol. The lowest BCUT2D eigenvalue weighted by molar-refractivity contribution is 0.0769. The van der Waals surface area contributed by atoms with Gasteiger partial charge in [-0.25, -0.2) is 0 Å². The third-order valence-electron chi connectivity index (χ3n) is 18.0. The predicted octanol–water partition coefficient (Wildman–Crippen LogP) is 22.8. The highest BCUT2D eigenvalue weighted by atomic mass is 32.1. The zero-order valence-corrected chi connectivity index (χ0v) is 69.2. The Morgan fingerprint density at radius 3 is 0.930 bits per heavy atom. The van der Waals surface area contributed by atoms with E-state index in [2.05, 4.69) is 321 Å². The Morgan fingerprint density at radius 2 is 0.590 bits per heavy atom. The molecule has 0 radical (unpaired) electrons. The molecule has 6 atom stereocenters. The van der Waals surface area contributed by atoms with Crippen LogP contribution in [0.3, 0.4) is 0 Å². The molecule has 0 aliphatic rings. The quantitative estimate of drug-likeness (QED) is 0.0291. The largest absolute Gasteiger partial charge is 0.446 e. The van der Waals surface area contributed by atoms with E-state index in [0.717, 1.165) is 52.3 Å². The molecule has 554 valence electrons. The van der Waals surface area contributed by atoms with Crippen LogP contribution in [0.25, 0.3) is 0 Å². The minimum Gasteiger partial charge on any atom is -0.446 e. The van der Waals surface area contributed by atoms with Crippen LogP contribution in [0.1, 0.15) is 209 Å². The zero-order chi connectivity index (χ0) is 67.8. The van der Waals surface area contributed by atoms with Gasteiger partial charge in [0.25, 0.3) is 0 Å². The summed E-state index contributed by atoms with van der Waals surface area (Å²) in [5.74, 6) is 13.3. The molecule has 7 aromatic carbocycles. The van der Waals surface area contributed by atoms with Crippen molar-refractivity contribution in [3.8, 4) is 23.9 Å². The van der Waals surface area contributed by atoms with Crippen molar-refractivity contribution < 1.29 is 28.4 Å². The van der Waals surface area contributed by atoms with E-state index in [1.54, 1.807) is 0 Å². The molecule has 0 aromatic heterocycles. The van der Waals surface area contributed by atoms with Gasteiger partial charge in [-0.3, -0.25) is 0 Å². The van der Waals surface area contributed by atoms with E-state index < -0.39 is 0 Å². The molecule has 0 aliphatic heterocycles. The van der Waals surface area contributed by atoms with Gasteiger partial charge in [-0.2, -0.15) is 81.0 Å². The number of rotatable bonds is 35. The molecule has 1 unspecified atom stereocenters. The fourth-order valence-electron chi connectivity index (χ4n) is 11.9. The smallest absolute Gasteiger partial charge is 0.124 e. The maximum Gasteiger partial charge on any atom is 0.124 e. The first-order valence-electron chi connectivity index (χ1n) is 35.2. The number of ether oxygens (including phenoxy) is 6. The van der Waals surface area contributed by atoms with Crippen molar-refractivity contribution in [2.75, 3.05) is 59.5 Å². The summed E-state index contributed by atoms with van der Waals surface area (Å²) in [6.07, 6.45) is 8.33. The first-order chi connectivity index (χ1) is 45.3. The second kappa shape index (κ2) is 55.8. The highest BCUT2D eigenvalue weighted by Gasteiger charge is 2.28. The van der Waals surface area contributed by atoms with Gasteiger partial charge >= 0.3 is 0 Å². The second-order valence-electron chi connectivity index (χ2n) is 28.8. The Bertz CT molecular complexity index is 3090. The summed E-state index contributed by atoms with van der Waals surface area (Å²) in [5, 5.41) is 0. The van der Waals surface area contributed by atoms with Crippen LogP contribution in [0.4, 0.5) is 0 Å². The third-order valence-corrected chi connectivity index (χ3v) is 18.0. The van der Waals surface area contributed by atoms with Crippen LogP contribution < -0.4 is 0 Å². The Morgan fingerprint density at radius 1 is 0.300 bits per heavy atom. The summed E-state index contributed by atoms with van der Waals surface area (Å²) in [4.78, 5) is 0. The third kappa shape index (κ3) is 38.8. The Hall–Kier alpha value is -4.64. The molecule has 0 aliphatic carbocycles. The van der Waals surface area contributed by atoms with Crippen molar-refractivity contribution in [2.24, 2.45) is 34.5 Å². The summed E-state index contributed by atoms with van der Waals surface area (Å²) in [6.45, 7) is 39.5. The van der Waals surface area contributed by atoms with E-state index in [1.165, 1.54) is 57.3 Å². The first-order valence-corrected chi connectivity index (χ1v) is 35.2. The standard InChI is InChI=1S/C31H40O2.C29H44O2.C28H34O2.6H2S/c1-24(2)29(27-12-8-6-9-13-27)22-32-20-25-16-18-26(19-17-25)21-33-23-30(31(3,4)5)28-14-10-7-11-15-28;1-24(2)27(25-16-10-8-11-17-25)22-30-20-14-6-7-15-21-31-23-28(29(3,4)5)26-18-12-9-13-19-26;1-23(2)27(25-14-8-5-9-15-25)18-21-29-19-12-7-13-20-30-22-28(24(3)4)26-16-10-6-11-17-26;;;;;;/h6-19,24,29-30H,20-23H2,1-5H3;8-13,16-19,24,27-28H,6-7,14-15,20-23H2,1-5H3;5-6,8-11,14-17,23-24,27-28H,18,20-22H2,1-4H3;6*1H2/t29-,30+;27-,28+;27-,28?;;;;;;/m000....../s1. The number of hydrogen-bond donors (Lipinski definition) is 0. The summed E-state index contributed by atoms with van der Waals surface area (Å²) in [5.41, 5.74) is 10.9. The summed E-state index contributed by atoms with van der Waals surface area (Å²) in [6, 6.07) is 72.6. The van der Waals surface area contributed by atoms with Crippen molar-refractivity contribution in [1.82, 2.24) is 0 Å². The molecule has 0 N–H and O–H groups in total. The maximum atomic E-state index is 6.16. The zero-order valence-electron chi connectivity index (χ0n) is 63.2. The van der Waals surface area contributed by atoms with Gasteiger partial charge in [-0.15, -0.1) is 0 Å². The first kappa shape index (κ1) is 97.4. The molecule has 6 nitrogen and oxygen atoms in total. The molecule has 12 heteroatoms. The van der Waals surface area contributed by atoms with Crippen molar-refractivity contribution in [2.45, 2.75) is 178 Å². The molecule has 0 heterocycles. The van der Waals surface area contributed by atoms with Crippen LogP contribution in [-0.4, -0.2) is 59.5 Å². The maximum absolute atomic E-state index is 6.16. The molecular weight excluding hydrogens is 1350 g/mol. The SMILES string of the molecule is CC(C)C(COCC#CC#COCC[C@H](c1ccccc1)C(C)C)c1ccccc1.CC(C)[C@H](COCCCCCCOC[C@H](c1ccccc1)C(C)(C)C)c1ccccc1.CC(C)[C@H](COCc1ccc(COC[C@H](c2ccccc2)C(C)(C)C)cc1)c1ccccc1.S.S.S.S.S.S. The van der Waals surface area contributed by atoms with E-state index in [1.807, 2.05) is 6.07 Å². The van der Waals surface area contributed by atoms with Gasteiger partial charge < -0.3 is 28.4 Å². The van der Waals surface area contributed by atoms with Crippen LogP contribution in [0.5, 0.6) is 0 Å². The van der Waals surface area contributed by atoms with Gasteiger partial charge in [0.1, 0.15) is 19.3 Å². The molecule has 7 aromatic rings. The van der Waals surface area contributed by atoms with Crippen LogP contribution >= 0.6 is 81.0 Å². The molecule has 0 spiro atoms. The molecular formula is C88H130O6S6. The average Bonchev–Trinajstić information content (AvgIpc) is 0.856. The number of unbranched alkanes of at least 4 members (excludes halogenated alkanes) is 3. The van der Waals surface area contributed by atoms with Gasteiger partial charge in [-0.1, -0.05) is 322 Å². The molecule has 7 rings (SSSR count). The summed E-state index contributed by atoms with van der Waals surface area (Å²) in [7, 11) is 0. The highest BCUT2D eigenvalue weighted by Crippen LogP contribution is 2.37. The molecule has 0 amide bonds. The minimum absolute atomic E-state index is 0. The molecule has 0 saturated heterocycles. The van der Waals surface area contributed by atoms with Crippen LogP contribution in [0.2, 0.25) is 0 Å². The van der Waals surface area contributed by atoms with Crippen molar-refractivity contribution in [3.05, 3.63) is 251 Å². The Balaban J connectivity index is 0. The van der Waals surface area contributed by atoms with Gasteiger partial charge in [0.05, 0.1) is 46.2 Å². The fraction of sp³-hybridized carbons (Fsp3) is 0.477. The van der Waals surface area contributed by atoms with Gasteiger partial charge in [0.2, 0.25) is 0 Å². The topological polar surface area (TPSA) is 55.4 Å². The average molecular weight is 1480 g/mol. The van der Waals surface area contributed by atoms with Crippen LogP contribution in [0.15, 0.2) is 206 Å². The van der Waals surface area contributed by atoms with E-state index in [0.29, 0.717) is 98.8 Å². The van der Waals surface area contributed by atoms with Crippen molar-refractivity contribution in [1.29, 1.82) is 0 Å². The summed E-state index contributed by atoms with van der Waals surface area (Å²) >= 11 is 0. The van der Waals surface area contributed by atoms with Gasteiger partial charge in [0.15, 0.2) is 0 Å². The monoisotopic (exact) mass is 1470 g/mol.